The first-order valence-corrected chi connectivity index (χ1v) is 39.7. The topological polar surface area (TPSA) is 585 Å². The number of ether oxygens (including phenoxy) is 12. The van der Waals surface area contributed by atoms with Crippen LogP contribution in [-0.4, -0.2) is 186 Å². The van der Waals surface area contributed by atoms with E-state index < -0.39 is 265 Å². The van der Waals surface area contributed by atoms with E-state index in [1.165, 1.54) is 20.8 Å². The third kappa shape index (κ3) is 24.1. The number of alkyl halides is 12. The summed E-state index contributed by atoms with van der Waals surface area (Å²) in [5.41, 5.74) is -4.94. The van der Waals surface area contributed by atoms with E-state index in [0.29, 0.717) is 70.6 Å². The summed E-state index contributed by atoms with van der Waals surface area (Å²) in [5, 5.41) is 58.9. The molecule has 43 nitrogen and oxygen atoms in total. The lowest BCUT2D eigenvalue weighted by molar-refractivity contribution is -0.777. The number of esters is 12. The molecule has 22 atom stereocenters. The van der Waals surface area contributed by atoms with Crippen molar-refractivity contribution >= 4 is 144 Å². The van der Waals surface area contributed by atoms with Crippen LogP contribution in [0.3, 0.4) is 0 Å². The predicted molar refractivity (Wildman–Crippen MR) is 342 cm³/mol. The molecule has 6 aliphatic heterocycles. The SMILES string of the molecule is CC1(OC(=O)C(F)(F)SOO[O-])CCC2CC1OC2=O.CC12CC(CCC1(C)OC(=O)C(F)(F)SOO[O-])C(=O)O2.CC12CC(CCC1OC(=O)C(F)(F)SOO[O-])C(=O)O2.CC1CC2CC(OC2=O)C1OC(=O)C(F)(F)SOO[O-].O=C1OC2C(COC(=O)C(F)(F)SOO[O-])C3CC2C1C3O.O=C1OC2CC1CCC2OC(=O)C(F)(F)SOO[O-]. The minimum Gasteiger partial charge on any atom is -0.691 e. The first-order valence-electron chi connectivity index (χ1n) is 35.2. The van der Waals surface area contributed by atoms with E-state index in [0.717, 1.165) is 0 Å². The van der Waals surface area contributed by atoms with Crippen LogP contribution < -0.4 is 31.5 Å². The normalized spacial score (nSPS) is 34.0. The third-order valence-corrected chi connectivity index (χ3v) is 24.9. The molecule has 22 unspecified atom stereocenters. The minimum atomic E-state index is -4.12. The molecular formula is C61H66F12O43S6-6. The smallest absolute Gasteiger partial charge is 0.415 e. The molecule has 694 valence electrons. The summed E-state index contributed by atoms with van der Waals surface area (Å²) in [4.78, 5) is 137. The summed E-state index contributed by atoms with van der Waals surface area (Å²) in [7, 11) is 0. The van der Waals surface area contributed by atoms with Crippen LogP contribution in [0.5, 0.6) is 0 Å². The summed E-state index contributed by atoms with van der Waals surface area (Å²) in [6.45, 7) is 7.20. The van der Waals surface area contributed by atoms with E-state index in [1.54, 1.807) is 13.8 Å². The van der Waals surface area contributed by atoms with E-state index in [1.807, 2.05) is 0 Å². The molecule has 7 aliphatic carbocycles. The highest BCUT2D eigenvalue weighted by molar-refractivity contribution is 7.97. The molecule has 0 radical (unpaired) electrons. The van der Waals surface area contributed by atoms with Crippen molar-refractivity contribution in [2.24, 2.45) is 59.2 Å². The van der Waals surface area contributed by atoms with Crippen LogP contribution in [0.2, 0.25) is 0 Å². The first-order chi connectivity index (χ1) is 56.8. The Morgan fingerprint density at radius 3 is 1.43 bits per heavy atom. The van der Waals surface area contributed by atoms with Crippen LogP contribution in [0.4, 0.5) is 52.7 Å². The molecule has 6 heterocycles. The molecule has 12 bridgehead atoms. The molecule has 6 saturated heterocycles. The lowest BCUT2D eigenvalue weighted by atomic mass is 9.71. The van der Waals surface area contributed by atoms with E-state index in [4.69, 9.17) is 47.4 Å². The number of carbonyl (C=O) groups is 12. The Kier molecular flexibility index (Phi) is 34.5. The number of halogens is 12. The lowest BCUT2D eigenvalue weighted by Crippen LogP contribution is -2.55. The highest BCUT2D eigenvalue weighted by atomic mass is 32.2. The van der Waals surface area contributed by atoms with Crippen LogP contribution in [-0.2, 0) is 171 Å². The Bertz CT molecular complexity index is 3730. The van der Waals surface area contributed by atoms with Crippen molar-refractivity contribution in [2.45, 2.75) is 234 Å². The fraction of sp³-hybridized carbons (Fsp3) is 0.803. The Balaban J connectivity index is 0.000000182. The molecule has 0 amide bonds. The summed E-state index contributed by atoms with van der Waals surface area (Å²) < 4.78 is 238. The number of carbonyl (C=O) groups excluding carboxylic acids is 12. The average Bonchev–Trinajstić information content (AvgIpc) is 1.56. The molecule has 0 aromatic carbocycles. The van der Waals surface area contributed by atoms with Gasteiger partial charge in [0.2, 0.25) is 0 Å². The molecule has 1 N–H and O–H groups in total. The van der Waals surface area contributed by atoms with E-state index in [9.17, 15) is 147 Å². The fourth-order valence-corrected chi connectivity index (χ4v) is 17.2. The maximum atomic E-state index is 13.4. The number of hydrogen-bond donors (Lipinski definition) is 1. The summed E-state index contributed by atoms with van der Waals surface area (Å²) in [6.07, 6.45) is -1.20. The summed E-state index contributed by atoms with van der Waals surface area (Å²) in [5.74, 6) is -17.1. The number of rotatable bonds is 31. The Labute approximate surface area is 700 Å². The Morgan fingerprint density at radius 1 is 0.443 bits per heavy atom. The maximum Gasteiger partial charge on any atom is 0.415 e. The van der Waals surface area contributed by atoms with Gasteiger partial charge in [-0.1, -0.05) is 6.92 Å². The molecule has 61 heteroatoms. The zero-order valence-corrected chi connectivity index (χ0v) is 67.2. The second kappa shape index (κ2) is 41.5. The van der Waals surface area contributed by atoms with Gasteiger partial charge in [0.1, 0.15) is 137 Å². The zero-order valence-electron chi connectivity index (χ0n) is 62.3. The Morgan fingerprint density at radius 2 is 0.885 bits per heavy atom. The number of aliphatic hydroxyl groups excluding tert-OH is 1. The van der Waals surface area contributed by atoms with Crippen molar-refractivity contribution in [3.05, 3.63) is 0 Å². The van der Waals surface area contributed by atoms with Gasteiger partial charge in [0.25, 0.3) is 0 Å². The maximum absolute atomic E-state index is 13.4. The second-order valence-corrected chi connectivity index (χ2v) is 34.4. The zero-order chi connectivity index (χ0) is 90.8. The van der Waals surface area contributed by atoms with Crippen molar-refractivity contribution in [1.82, 2.24) is 0 Å². The van der Waals surface area contributed by atoms with Crippen molar-refractivity contribution in [1.29, 1.82) is 0 Å². The van der Waals surface area contributed by atoms with E-state index in [2.05, 4.69) is 65.7 Å². The van der Waals surface area contributed by atoms with Gasteiger partial charge in [0, 0.05) is 43.9 Å². The van der Waals surface area contributed by atoms with Gasteiger partial charge in [-0.2, -0.15) is 78.7 Å². The molecule has 0 aromatic heterocycles. The first kappa shape index (κ1) is 102. The fourth-order valence-electron chi connectivity index (χ4n) is 15.8. The number of aliphatic hydroxyl groups is 1. The molecule has 13 aliphatic rings. The van der Waals surface area contributed by atoms with Gasteiger partial charge in [-0.15, -0.1) is 0 Å². The predicted octanol–water partition coefficient (Wildman–Crippen LogP) is 1.41. The second-order valence-electron chi connectivity index (χ2n) is 29.5. The van der Waals surface area contributed by atoms with Crippen LogP contribution in [0, 0.1) is 59.2 Å². The molecule has 122 heavy (non-hydrogen) atoms. The van der Waals surface area contributed by atoms with Crippen molar-refractivity contribution in [3.63, 3.8) is 0 Å². The standard InChI is InChI=1S/C11H12F2O8S.C11H14F2O7S.3C10H12F2O7S.C9H10F2O7S/c12-11(13,22-21-20-17)10(16)18-2-5-3-1-4-6(7(3)14)9(15)19-8(4)5;1-9(18-8(15)11(12,13)21-20-19-16)4-3-6-5-10(9,2)17-7(6)14;1-4-2-5-3-6(16-8(5)13)7(4)17-9(14)10(11,12)20-19-18-15;1-9(3-2-5-4-6(9)16-7(5)13)17-8(14)10(11,12)20-19-18-15;1-9-4-5(7(13)17-9)2-3-6(9)16-8(14)10(11,12)20-19-18-15;10-9(11,19-18-17-14)8(13)16-5-2-1-4-3-6(5)15-7(4)12/h3-8,14,17H,1-2H2;6,16H,3-5H2,1-2H3;4-7,15H,2-3H2,1H3;2*5-6,15H,2-4H2,1H3;4-6,14H,1-3H2/p-6. The van der Waals surface area contributed by atoms with Crippen LogP contribution in [0.15, 0.2) is 0 Å². The molecule has 7 saturated carbocycles. The van der Waals surface area contributed by atoms with Crippen LogP contribution >= 0.6 is 72.3 Å². The third-order valence-electron chi connectivity index (χ3n) is 21.9. The highest BCUT2D eigenvalue weighted by Gasteiger charge is 2.68. The van der Waals surface area contributed by atoms with Crippen molar-refractivity contribution < 1.29 is 260 Å². The molecule has 0 aromatic rings. The monoisotopic (exact) mass is 1910 g/mol. The Hall–Kier alpha value is -5.86. The van der Waals surface area contributed by atoms with Gasteiger partial charge in [0.15, 0.2) is 0 Å². The van der Waals surface area contributed by atoms with E-state index in [-0.39, 0.29) is 73.0 Å². The van der Waals surface area contributed by atoms with Crippen molar-refractivity contribution in [2.75, 3.05) is 6.61 Å². The van der Waals surface area contributed by atoms with Crippen LogP contribution in [0.1, 0.15) is 131 Å². The van der Waals surface area contributed by atoms with Gasteiger partial charge >= 0.3 is 103 Å². The van der Waals surface area contributed by atoms with Crippen LogP contribution in [0.25, 0.3) is 0 Å². The quantitative estimate of drug-likeness (QED) is 0.0256. The number of hydrogen-bond acceptors (Lipinski definition) is 49. The van der Waals surface area contributed by atoms with Gasteiger partial charge < -0.3 is 93.5 Å². The average molecular weight is 1910 g/mol. The van der Waals surface area contributed by atoms with E-state index >= 15 is 0 Å². The lowest BCUT2D eigenvalue weighted by Gasteiger charge is -2.44. The number of fused-ring (bicyclic) bond motifs is 11. The van der Waals surface area contributed by atoms with Crippen molar-refractivity contribution in [3.8, 4) is 0 Å². The van der Waals surface area contributed by atoms with Gasteiger partial charge in [-0.25, -0.2) is 28.8 Å². The largest absolute Gasteiger partial charge is 0.691 e. The minimum absolute atomic E-state index is 0.164. The van der Waals surface area contributed by atoms with Gasteiger partial charge in [-0.05, 0) is 104 Å². The summed E-state index contributed by atoms with van der Waals surface area (Å²) in [6, 6.07) is 0. The van der Waals surface area contributed by atoms with Gasteiger partial charge in [-0.3, -0.25) is 59.0 Å². The summed E-state index contributed by atoms with van der Waals surface area (Å²) >= 11 is -4.56. The molecular weight excluding hydrogens is 1840 g/mol. The van der Waals surface area contributed by atoms with Gasteiger partial charge in [0.05, 0.1) is 48.2 Å². The highest BCUT2D eigenvalue weighted by Crippen LogP contribution is 2.58. The molecule has 13 rings (SSSR count). The molecule has 13 fully saturated rings. The molecule has 0 spiro atoms.